The maximum atomic E-state index is 5.18. The second-order valence-electron chi connectivity index (χ2n) is 1.95. The summed E-state index contributed by atoms with van der Waals surface area (Å²) in [7, 11) is 1.90. The van der Waals surface area contributed by atoms with Crippen LogP contribution in [-0.2, 0) is 0 Å². The van der Waals surface area contributed by atoms with Gasteiger partial charge in [-0.2, -0.15) is 0 Å². The zero-order valence-electron chi connectivity index (χ0n) is 5.03. The van der Waals surface area contributed by atoms with Crippen LogP contribution < -0.4 is 0 Å². The summed E-state index contributed by atoms with van der Waals surface area (Å²) in [5.41, 5.74) is 0. The van der Waals surface area contributed by atoms with E-state index in [0.717, 1.165) is 3.38 Å². The van der Waals surface area contributed by atoms with Gasteiger partial charge in [0.1, 0.15) is 0 Å². The van der Waals surface area contributed by atoms with Crippen LogP contribution in [0.2, 0.25) is 0 Å². The predicted molar refractivity (Wildman–Crippen MR) is 49.6 cm³/mol. The van der Waals surface area contributed by atoms with Crippen LogP contribution in [0.1, 0.15) is 0 Å². The van der Waals surface area contributed by atoms with Crippen LogP contribution in [0.15, 0.2) is 24.3 Å². The van der Waals surface area contributed by atoms with Crippen molar-refractivity contribution in [1.29, 1.82) is 0 Å². The second kappa shape index (κ2) is 2.59. The summed E-state index contributed by atoms with van der Waals surface area (Å²) in [5.74, 6) is 0. The standard InChI is InChI=1S/C7H4S2Se/c8-7-5-3-1-2-4-6(5)9-10-7/h1-4H. The van der Waals surface area contributed by atoms with E-state index in [-0.39, 0.29) is 0 Å². The Kier molecular flexibility index (Phi) is 1.75. The van der Waals surface area contributed by atoms with Crippen LogP contribution in [0, 0.1) is 3.38 Å². The van der Waals surface area contributed by atoms with E-state index >= 15 is 0 Å². The van der Waals surface area contributed by atoms with Gasteiger partial charge in [0.25, 0.3) is 0 Å². The topological polar surface area (TPSA) is 0 Å². The predicted octanol–water partition coefficient (Wildman–Crippen LogP) is 2.69. The Hall–Kier alpha value is 0.0495. The van der Waals surface area contributed by atoms with Gasteiger partial charge in [0.2, 0.25) is 0 Å². The van der Waals surface area contributed by atoms with E-state index in [0.29, 0.717) is 13.3 Å². The molecule has 10 heavy (non-hydrogen) atoms. The summed E-state index contributed by atoms with van der Waals surface area (Å²) in [4.78, 5) is 0. The van der Waals surface area contributed by atoms with E-state index < -0.39 is 0 Å². The molecule has 0 aliphatic carbocycles. The van der Waals surface area contributed by atoms with Crippen LogP contribution >= 0.6 is 21.9 Å². The van der Waals surface area contributed by atoms with E-state index in [4.69, 9.17) is 12.2 Å². The summed E-state index contributed by atoms with van der Waals surface area (Å²) in [6, 6.07) is 8.36. The van der Waals surface area contributed by atoms with Gasteiger partial charge in [0, 0.05) is 0 Å². The summed E-state index contributed by atoms with van der Waals surface area (Å²) < 4.78 is 2.53. The molecule has 0 N–H and O–H groups in total. The number of rotatable bonds is 0. The first-order valence-corrected chi connectivity index (χ1v) is 6.96. The zero-order valence-corrected chi connectivity index (χ0v) is 8.38. The van der Waals surface area contributed by atoms with Crippen molar-refractivity contribution in [3.05, 3.63) is 27.6 Å². The molecule has 0 saturated carbocycles. The van der Waals surface area contributed by atoms with Gasteiger partial charge in [-0.15, -0.1) is 0 Å². The minimum atomic E-state index is 0.485. The molecule has 2 rings (SSSR count). The average Bonchev–Trinajstić information content (AvgIpc) is 2.34. The van der Waals surface area contributed by atoms with Crippen molar-refractivity contribution in [1.82, 2.24) is 0 Å². The van der Waals surface area contributed by atoms with Gasteiger partial charge in [-0.25, -0.2) is 0 Å². The molecule has 1 aromatic heterocycles. The summed E-state index contributed by atoms with van der Waals surface area (Å²) in [6.45, 7) is 0. The molecule has 0 amide bonds. The second-order valence-corrected chi connectivity index (χ2v) is 6.67. The first-order chi connectivity index (χ1) is 4.88. The van der Waals surface area contributed by atoms with Crippen molar-refractivity contribution < 1.29 is 0 Å². The van der Waals surface area contributed by atoms with Crippen LogP contribution in [-0.4, -0.2) is 13.3 Å². The Bertz CT molecular complexity index is 399. The molecule has 2 aromatic rings. The van der Waals surface area contributed by atoms with Crippen molar-refractivity contribution in [2.75, 3.05) is 0 Å². The van der Waals surface area contributed by atoms with Crippen LogP contribution in [0.4, 0.5) is 0 Å². The Labute approximate surface area is 72.9 Å². The van der Waals surface area contributed by atoms with Crippen molar-refractivity contribution >= 4 is 45.4 Å². The van der Waals surface area contributed by atoms with Gasteiger partial charge >= 0.3 is 73.0 Å². The van der Waals surface area contributed by atoms with Gasteiger partial charge in [0.15, 0.2) is 0 Å². The van der Waals surface area contributed by atoms with Gasteiger partial charge in [-0.1, -0.05) is 0 Å². The molecule has 0 bridgehead atoms. The molecule has 0 unspecified atom stereocenters. The van der Waals surface area contributed by atoms with Gasteiger partial charge in [0.05, 0.1) is 0 Å². The fourth-order valence-corrected chi connectivity index (χ4v) is 5.30. The van der Waals surface area contributed by atoms with Crippen LogP contribution in [0.3, 0.4) is 0 Å². The van der Waals surface area contributed by atoms with Gasteiger partial charge < -0.3 is 0 Å². The molecule has 0 radical (unpaired) electrons. The molecule has 50 valence electrons. The first kappa shape index (κ1) is 6.74. The third-order valence-electron chi connectivity index (χ3n) is 1.31. The Morgan fingerprint density at radius 2 is 2.10 bits per heavy atom. The molecular weight excluding hydrogens is 227 g/mol. The van der Waals surface area contributed by atoms with E-state index in [1.807, 2.05) is 15.8 Å². The van der Waals surface area contributed by atoms with E-state index in [9.17, 15) is 0 Å². The molecule has 0 nitrogen and oxygen atoms in total. The zero-order chi connectivity index (χ0) is 6.97. The number of benzene rings is 1. The Morgan fingerprint density at radius 3 is 2.90 bits per heavy atom. The Morgan fingerprint density at radius 1 is 1.30 bits per heavy atom. The molecule has 0 fully saturated rings. The third kappa shape index (κ3) is 0.995. The molecule has 1 aromatic carbocycles. The molecule has 0 atom stereocenters. The quantitative estimate of drug-likeness (QED) is 0.496. The van der Waals surface area contributed by atoms with Crippen LogP contribution in [0.25, 0.3) is 10.1 Å². The van der Waals surface area contributed by atoms with Crippen molar-refractivity contribution in [3.8, 4) is 0 Å². The first-order valence-electron chi connectivity index (χ1n) is 2.86. The van der Waals surface area contributed by atoms with Gasteiger partial charge in [-0.3, -0.25) is 0 Å². The molecule has 0 aliphatic rings. The average molecular weight is 231 g/mol. The van der Waals surface area contributed by atoms with E-state index in [1.54, 1.807) is 0 Å². The summed E-state index contributed by atoms with van der Waals surface area (Å²) >= 11 is 5.67. The molecule has 0 saturated heterocycles. The van der Waals surface area contributed by atoms with Gasteiger partial charge in [-0.05, 0) is 0 Å². The molecule has 3 heteroatoms. The molecule has 0 aliphatic heterocycles. The van der Waals surface area contributed by atoms with E-state index in [2.05, 4.69) is 18.2 Å². The number of hydrogen-bond donors (Lipinski definition) is 0. The molecule has 1 heterocycles. The van der Waals surface area contributed by atoms with E-state index in [1.165, 1.54) is 10.1 Å². The molecule has 0 spiro atoms. The van der Waals surface area contributed by atoms with Crippen LogP contribution in [0.5, 0.6) is 0 Å². The van der Waals surface area contributed by atoms with Crippen molar-refractivity contribution in [3.63, 3.8) is 0 Å². The fraction of sp³-hybridized carbons (Fsp3) is 0. The minimum absolute atomic E-state index is 0.485. The van der Waals surface area contributed by atoms with Crippen molar-refractivity contribution in [2.45, 2.75) is 0 Å². The molecular formula is C7H4S2Se. The number of hydrogen-bond acceptors (Lipinski definition) is 2. The monoisotopic (exact) mass is 232 g/mol. The summed E-state index contributed by atoms with van der Waals surface area (Å²) in [6.07, 6.45) is 0. The Balaban J connectivity index is 3.07. The summed E-state index contributed by atoms with van der Waals surface area (Å²) in [5, 5.41) is 1.29. The maximum absolute atomic E-state index is 5.18. The number of fused-ring (bicyclic) bond motifs is 1. The third-order valence-corrected chi connectivity index (χ3v) is 6.43. The fourth-order valence-electron chi connectivity index (χ4n) is 0.836. The van der Waals surface area contributed by atoms with Crippen molar-refractivity contribution in [2.24, 2.45) is 0 Å². The SMILES string of the molecule is S=c1[se]sc2ccccc12. The normalized spacial score (nSPS) is 10.4.